The number of carbonyl (C=O) groups is 2. The Balaban J connectivity index is 1.18. The number of para-hydroxylation sites is 1. The van der Waals surface area contributed by atoms with Gasteiger partial charge in [-0.1, -0.05) is 12.1 Å². The molecule has 5 rings (SSSR count). The van der Waals surface area contributed by atoms with Gasteiger partial charge in [-0.2, -0.15) is 0 Å². The van der Waals surface area contributed by atoms with E-state index in [9.17, 15) is 14.7 Å². The normalized spacial score (nSPS) is 13.3. The van der Waals surface area contributed by atoms with Crippen LogP contribution in [0, 0.1) is 5.41 Å². The number of imidazole rings is 2. The summed E-state index contributed by atoms with van der Waals surface area (Å²) >= 11 is 0. The highest BCUT2D eigenvalue weighted by Crippen LogP contribution is 2.20. The number of ether oxygens (including phenoxy) is 1. The summed E-state index contributed by atoms with van der Waals surface area (Å²) in [5.74, 6) is 0.814. The number of rotatable bonds is 11. The first-order valence-electron chi connectivity index (χ1n) is 12.9. The quantitative estimate of drug-likeness (QED) is 0.172. The second-order valence-electron chi connectivity index (χ2n) is 9.49. The van der Waals surface area contributed by atoms with Crippen LogP contribution in [-0.2, 0) is 32.9 Å². The minimum Gasteiger partial charge on any atom is -0.491 e. The number of hydrogen-bond acceptors (Lipinski definition) is 7. The van der Waals surface area contributed by atoms with Gasteiger partial charge < -0.3 is 30.1 Å². The summed E-state index contributed by atoms with van der Waals surface area (Å²) in [6, 6.07) is 11.8. The van der Waals surface area contributed by atoms with Gasteiger partial charge in [-0.05, 0) is 30.3 Å². The first kappa shape index (κ1) is 26.1. The van der Waals surface area contributed by atoms with E-state index >= 15 is 0 Å². The van der Waals surface area contributed by atoms with Gasteiger partial charge in [0.2, 0.25) is 0 Å². The second-order valence-corrected chi connectivity index (χ2v) is 9.49. The number of nitrogens with zero attached hydrogens (tertiary/aromatic N) is 4. The summed E-state index contributed by atoms with van der Waals surface area (Å²) in [5, 5.41) is 19.4. The average molecular weight is 530 g/mol. The Morgan fingerprint density at radius 1 is 1.21 bits per heavy atom. The minimum absolute atomic E-state index is 0.0821. The van der Waals surface area contributed by atoms with Crippen molar-refractivity contribution in [3.8, 4) is 5.75 Å². The predicted molar refractivity (Wildman–Crippen MR) is 146 cm³/mol. The molecule has 2 aromatic carbocycles. The number of hydrogen-bond donors (Lipinski definition) is 4. The molecular formula is C28H31N7O4. The molecule has 0 fully saturated rings. The zero-order valence-corrected chi connectivity index (χ0v) is 21.7. The Bertz CT molecular complexity index is 1520. The fourth-order valence-electron chi connectivity index (χ4n) is 4.84. The third-order valence-corrected chi connectivity index (χ3v) is 6.90. The van der Waals surface area contributed by atoms with Crippen molar-refractivity contribution in [2.45, 2.75) is 25.8 Å². The lowest BCUT2D eigenvalue weighted by Gasteiger charge is -2.23. The molecule has 0 unspecified atom stereocenters. The number of H-pyrrole nitrogens is 1. The first-order valence-corrected chi connectivity index (χ1v) is 12.9. The van der Waals surface area contributed by atoms with Crippen LogP contribution in [0.25, 0.3) is 11.0 Å². The zero-order valence-electron chi connectivity index (χ0n) is 21.7. The molecule has 0 saturated heterocycles. The fourth-order valence-corrected chi connectivity index (χ4v) is 4.84. The third kappa shape index (κ3) is 5.83. The molecule has 0 radical (unpaired) electrons. The summed E-state index contributed by atoms with van der Waals surface area (Å²) in [7, 11) is 1.95. The van der Waals surface area contributed by atoms with Gasteiger partial charge in [-0.3, -0.25) is 9.69 Å². The molecule has 11 heteroatoms. The number of aromatic nitrogens is 4. The van der Waals surface area contributed by atoms with Crippen LogP contribution in [0.1, 0.15) is 43.8 Å². The summed E-state index contributed by atoms with van der Waals surface area (Å²) in [5.41, 5.74) is 4.53. The van der Waals surface area contributed by atoms with Gasteiger partial charge in [-0.25, -0.2) is 14.8 Å². The molecule has 39 heavy (non-hydrogen) atoms. The number of nitrogens with one attached hydrogen (secondary N) is 3. The molecule has 202 valence electrons. The van der Waals surface area contributed by atoms with E-state index in [0.717, 1.165) is 54.3 Å². The van der Waals surface area contributed by atoms with E-state index in [-0.39, 0.29) is 30.4 Å². The number of fused-ring (bicyclic) bond motifs is 2. The molecular weight excluding hydrogens is 498 g/mol. The Kier molecular flexibility index (Phi) is 7.69. The van der Waals surface area contributed by atoms with Crippen molar-refractivity contribution >= 4 is 29.1 Å². The van der Waals surface area contributed by atoms with Gasteiger partial charge in [0.25, 0.3) is 5.91 Å². The van der Waals surface area contributed by atoms with Crippen LogP contribution in [0.2, 0.25) is 0 Å². The number of amides is 1. The van der Waals surface area contributed by atoms with Crippen molar-refractivity contribution in [3.05, 3.63) is 76.6 Å². The van der Waals surface area contributed by atoms with Crippen LogP contribution in [0.3, 0.4) is 0 Å². The lowest BCUT2D eigenvalue weighted by atomic mass is 10.1. The maximum Gasteiger partial charge on any atom is 0.339 e. The molecule has 11 nitrogen and oxygen atoms in total. The lowest BCUT2D eigenvalue weighted by Crippen LogP contribution is -2.31. The van der Waals surface area contributed by atoms with Crippen LogP contribution in [0.5, 0.6) is 5.75 Å². The van der Waals surface area contributed by atoms with Crippen LogP contribution < -0.4 is 10.1 Å². The Morgan fingerprint density at radius 3 is 2.87 bits per heavy atom. The minimum atomic E-state index is -1.06. The van der Waals surface area contributed by atoms with Gasteiger partial charge in [0.15, 0.2) is 0 Å². The van der Waals surface area contributed by atoms with Gasteiger partial charge >= 0.3 is 5.97 Å². The van der Waals surface area contributed by atoms with Crippen molar-refractivity contribution in [1.82, 2.24) is 29.7 Å². The fraction of sp³-hybridized carbons (Fsp3) is 0.321. The monoisotopic (exact) mass is 529 g/mol. The molecule has 3 heterocycles. The lowest BCUT2D eigenvalue weighted by molar-refractivity contribution is 0.0691. The Hall–Kier alpha value is -4.51. The molecule has 0 saturated carbocycles. The summed E-state index contributed by atoms with van der Waals surface area (Å²) in [6.07, 6.45) is 3.78. The van der Waals surface area contributed by atoms with Crippen molar-refractivity contribution in [2.75, 3.05) is 26.2 Å². The number of carbonyl (C=O) groups excluding carboxylic acids is 1. The smallest absolute Gasteiger partial charge is 0.339 e. The highest BCUT2D eigenvalue weighted by molar-refractivity contribution is 5.97. The van der Waals surface area contributed by atoms with E-state index in [1.54, 1.807) is 24.3 Å². The second kappa shape index (κ2) is 11.5. The SMILES string of the molecule is Cn1c(CCc2nc3c([nH]2)CCN(CC=N)C3)nc2ccc(C(=O)NCCOc3ccccc3C(=O)O)cc21. The number of aryl methyl sites for hydroxylation is 3. The molecule has 1 amide bonds. The topological polar surface area (TPSA) is 149 Å². The van der Waals surface area contributed by atoms with E-state index in [0.29, 0.717) is 18.5 Å². The predicted octanol–water partition coefficient (Wildman–Crippen LogP) is 2.60. The highest BCUT2D eigenvalue weighted by Gasteiger charge is 2.20. The van der Waals surface area contributed by atoms with Gasteiger partial charge in [-0.15, -0.1) is 0 Å². The van der Waals surface area contributed by atoms with Crippen LogP contribution in [-0.4, -0.2) is 73.9 Å². The van der Waals surface area contributed by atoms with Crippen LogP contribution >= 0.6 is 0 Å². The molecule has 4 aromatic rings. The van der Waals surface area contributed by atoms with Crippen molar-refractivity contribution in [2.24, 2.45) is 7.05 Å². The largest absolute Gasteiger partial charge is 0.491 e. The standard InChI is InChI=1S/C28H31N7O4/c1-34-23-16-18(27(36)30-12-15-39-24-5-3-2-4-19(24)28(37)38)6-7-21(23)33-26(34)9-8-25-31-20-10-13-35(14-11-29)17-22(20)32-25/h2-7,11,16,29H,8-10,12-15,17H2,1H3,(H,30,36)(H,31,32)(H,37,38). The molecule has 0 spiro atoms. The van der Waals surface area contributed by atoms with Gasteiger partial charge in [0.05, 0.1) is 23.3 Å². The van der Waals surface area contributed by atoms with Crippen molar-refractivity contribution < 1.29 is 19.4 Å². The van der Waals surface area contributed by atoms with Crippen LogP contribution in [0.4, 0.5) is 0 Å². The molecule has 2 aromatic heterocycles. The maximum absolute atomic E-state index is 12.7. The number of aromatic carboxylic acids is 1. The van der Waals surface area contributed by atoms with E-state index in [4.69, 9.17) is 20.1 Å². The third-order valence-electron chi connectivity index (χ3n) is 6.90. The van der Waals surface area contributed by atoms with Crippen molar-refractivity contribution in [3.63, 3.8) is 0 Å². The maximum atomic E-state index is 12.7. The average Bonchev–Trinajstić information content (AvgIpc) is 3.49. The Labute approximate surface area is 225 Å². The number of benzene rings is 2. The number of aromatic amines is 1. The summed E-state index contributed by atoms with van der Waals surface area (Å²) in [4.78, 5) is 39.3. The molecule has 0 aliphatic carbocycles. The molecule has 0 atom stereocenters. The summed E-state index contributed by atoms with van der Waals surface area (Å²) < 4.78 is 7.56. The molecule has 1 aliphatic rings. The molecule has 4 N–H and O–H groups in total. The summed E-state index contributed by atoms with van der Waals surface area (Å²) in [6.45, 7) is 2.71. The van der Waals surface area contributed by atoms with Crippen LogP contribution in [0.15, 0.2) is 42.5 Å². The van der Waals surface area contributed by atoms with Crippen molar-refractivity contribution in [1.29, 1.82) is 5.41 Å². The number of carboxylic acid groups (broad SMARTS) is 1. The first-order chi connectivity index (χ1) is 18.9. The van der Waals surface area contributed by atoms with E-state index in [2.05, 4.69) is 15.2 Å². The highest BCUT2D eigenvalue weighted by atomic mass is 16.5. The number of carboxylic acids is 1. The zero-order chi connectivity index (χ0) is 27.4. The van der Waals surface area contributed by atoms with Gasteiger partial charge in [0.1, 0.15) is 29.6 Å². The van der Waals surface area contributed by atoms with E-state index in [1.807, 2.05) is 23.7 Å². The van der Waals surface area contributed by atoms with Gasteiger partial charge in [0, 0.05) is 63.4 Å². The molecule has 1 aliphatic heterocycles. The van der Waals surface area contributed by atoms with E-state index in [1.165, 1.54) is 18.0 Å². The Morgan fingerprint density at radius 2 is 2.05 bits per heavy atom. The molecule has 0 bridgehead atoms. The van der Waals surface area contributed by atoms with E-state index < -0.39 is 5.97 Å².